The van der Waals surface area contributed by atoms with Gasteiger partial charge in [-0.3, -0.25) is 9.36 Å². The first-order valence-electron chi connectivity index (χ1n) is 9.08. The van der Waals surface area contributed by atoms with Crippen molar-refractivity contribution >= 4 is 27.5 Å². The van der Waals surface area contributed by atoms with Crippen LogP contribution in [0.5, 0.6) is 0 Å². The summed E-state index contributed by atoms with van der Waals surface area (Å²) in [4.78, 5) is 16.5. The molecule has 30 heavy (non-hydrogen) atoms. The van der Waals surface area contributed by atoms with E-state index in [2.05, 4.69) is 20.5 Å². The molecule has 0 spiro atoms. The van der Waals surface area contributed by atoms with Crippen LogP contribution in [0.15, 0.2) is 54.9 Å². The number of carbonyl (C=O) groups excluding carboxylic acids is 1. The number of thiazole rings is 1. The van der Waals surface area contributed by atoms with E-state index in [9.17, 15) is 18.0 Å². The smallest absolute Gasteiger partial charge is 0.349 e. The average Bonchev–Trinajstić information content (AvgIpc) is 3.36. The molecule has 0 saturated heterocycles. The van der Waals surface area contributed by atoms with Crippen LogP contribution in [0, 0.1) is 0 Å². The molecule has 2 aromatic carbocycles. The molecule has 1 amide bonds. The number of nitrogens with one attached hydrogen (secondary N) is 1. The number of carbonyl (C=O) groups is 1. The largest absolute Gasteiger partial charge is 0.416 e. The SMILES string of the molecule is O=C(CCc1nc2cc(C(F)(F)F)ccc2s1)NCc1nncn1-c1ccccc1. The fourth-order valence-corrected chi connectivity index (χ4v) is 3.88. The first kappa shape index (κ1) is 20.0. The lowest BCUT2D eigenvalue weighted by atomic mass is 10.2. The van der Waals surface area contributed by atoms with Gasteiger partial charge in [-0.1, -0.05) is 18.2 Å². The van der Waals surface area contributed by atoms with Crippen LogP contribution < -0.4 is 5.32 Å². The van der Waals surface area contributed by atoms with Gasteiger partial charge < -0.3 is 5.32 Å². The normalized spacial score (nSPS) is 11.7. The van der Waals surface area contributed by atoms with Gasteiger partial charge in [0.15, 0.2) is 5.82 Å². The Morgan fingerprint density at radius 3 is 2.70 bits per heavy atom. The minimum atomic E-state index is -4.40. The van der Waals surface area contributed by atoms with Crippen molar-refractivity contribution in [2.45, 2.75) is 25.6 Å². The number of halogens is 3. The third kappa shape index (κ3) is 4.48. The lowest BCUT2D eigenvalue weighted by Gasteiger charge is -2.07. The van der Waals surface area contributed by atoms with Crippen molar-refractivity contribution < 1.29 is 18.0 Å². The highest BCUT2D eigenvalue weighted by molar-refractivity contribution is 7.18. The van der Waals surface area contributed by atoms with Crippen LogP contribution >= 0.6 is 11.3 Å². The van der Waals surface area contributed by atoms with Crippen molar-refractivity contribution in [3.05, 3.63) is 71.3 Å². The molecule has 0 atom stereocenters. The summed E-state index contributed by atoms with van der Waals surface area (Å²) in [6.45, 7) is 0.211. The number of nitrogens with zero attached hydrogens (tertiary/aromatic N) is 4. The molecule has 0 saturated carbocycles. The fraction of sp³-hybridized carbons (Fsp3) is 0.200. The van der Waals surface area contributed by atoms with Crippen molar-refractivity contribution in [2.24, 2.45) is 0 Å². The van der Waals surface area contributed by atoms with E-state index in [-0.39, 0.29) is 18.9 Å². The standard InChI is InChI=1S/C20H16F3N5OS/c21-20(22,23)13-6-7-16-15(10-13)26-19(30-16)9-8-18(29)24-11-17-27-25-12-28(17)14-4-2-1-3-5-14/h1-7,10,12H,8-9,11H2,(H,24,29). The lowest BCUT2D eigenvalue weighted by molar-refractivity contribution is -0.137. The van der Waals surface area contributed by atoms with Crippen LogP contribution in [-0.2, 0) is 23.9 Å². The molecule has 2 heterocycles. The van der Waals surface area contributed by atoms with Crippen LogP contribution in [0.1, 0.15) is 22.8 Å². The molecule has 154 valence electrons. The highest BCUT2D eigenvalue weighted by Gasteiger charge is 2.30. The van der Waals surface area contributed by atoms with Gasteiger partial charge in [0, 0.05) is 18.5 Å². The summed E-state index contributed by atoms with van der Waals surface area (Å²) in [6, 6.07) is 13.0. The van der Waals surface area contributed by atoms with E-state index in [0.29, 0.717) is 27.5 Å². The summed E-state index contributed by atoms with van der Waals surface area (Å²) in [5, 5.41) is 11.3. The van der Waals surface area contributed by atoms with Crippen molar-refractivity contribution in [3.63, 3.8) is 0 Å². The molecule has 0 aliphatic rings. The van der Waals surface area contributed by atoms with E-state index in [1.165, 1.54) is 17.4 Å². The quantitative estimate of drug-likeness (QED) is 0.498. The van der Waals surface area contributed by atoms with Gasteiger partial charge in [-0.25, -0.2) is 4.98 Å². The van der Waals surface area contributed by atoms with E-state index < -0.39 is 11.7 Å². The third-order valence-electron chi connectivity index (χ3n) is 4.42. The first-order chi connectivity index (χ1) is 14.4. The van der Waals surface area contributed by atoms with Gasteiger partial charge in [0.2, 0.25) is 5.91 Å². The van der Waals surface area contributed by atoms with Gasteiger partial charge in [0.05, 0.1) is 27.3 Å². The molecule has 10 heteroatoms. The summed E-state index contributed by atoms with van der Waals surface area (Å²) < 4.78 is 40.9. The average molecular weight is 431 g/mol. The number of aryl methyl sites for hydroxylation is 1. The van der Waals surface area contributed by atoms with E-state index in [0.717, 1.165) is 17.8 Å². The maximum absolute atomic E-state index is 12.8. The molecule has 0 unspecified atom stereocenters. The summed E-state index contributed by atoms with van der Waals surface area (Å²) >= 11 is 1.29. The summed E-state index contributed by atoms with van der Waals surface area (Å²) in [7, 11) is 0. The van der Waals surface area contributed by atoms with Crippen molar-refractivity contribution in [1.82, 2.24) is 25.1 Å². The summed E-state index contributed by atoms with van der Waals surface area (Å²) in [5.74, 6) is 0.391. The van der Waals surface area contributed by atoms with E-state index in [4.69, 9.17) is 0 Å². The lowest BCUT2D eigenvalue weighted by Crippen LogP contribution is -2.24. The Kier molecular flexibility index (Phi) is 5.49. The number of alkyl halides is 3. The molecule has 4 aromatic rings. The number of fused-ring (bicyclic) bond motifs is 1. The number of rotatable bonds is 6. The second kappa shape index (κ2) is 8.23. The topological polar surface area (TPSA) is 72.7 Å². The molecule has 1 N–H and O–H groups in total. The van der Waals surface area contributed by atoms with E-state index in [1.807, 2.05) is 30.3 Å². The molecule has 0 bridgehead atoms. The van der Waals surface area contributed by atoms with Gasteiger partial charge >= 0.3 is 6.18 Å². The number of aromatic nitrogens is 4. The van der Waals surface area contributed by atoms with Gasteiger partial charge in [-0.15, -0.1) is 21.5 Å². The third-order valence-corrected chi connectivity index (χ3v) is 5.52. The highest BCUT2D eigenvalue weighted by atomic mass is 32.1. The van der Waals surface area contributed by atoms with Crippen molar-refractivity contribution in [3.8, 4) is 5.69 Å². The Hall–Kier alpha value is -3.27. The van der Waals surface area contributed by atoms with Gasteiger partial charge in [-0.2, -0.15) is 13.2 Å². The molecule has 4 rings (SSSR count). The second-order valence-corrected chi connectivity index (χ2v) is 7.63. The zero-order chi connectivity index (χ0) is 21.1. The van der Waals surface area contributed by atoms with Crippen LogP contribution in [0.25, 0.3) is 15.9 Å². The van der Waals surface area contributed by atoms with Gasteiger partial charge in [-0.05, 0) is 30.3 Å². The number of amides is 1. The molecule has 0 radical (unpaired) electrons. The number of hydrogen-bond acceptors (Lipinski definition) is 5. The Balaban J connectivity index is 1.35. The second-order valence-electron chi connectivity index (χ2n) is 6.52. The molecular formula is C20H16F3N5OS. The molecule has 0 fully saturated rings. The number of hydrogen-bond donors (Lipinski definition) is 1. The maximum Gasteiger partial charge on any atom is 0.416 e. The molecule has 0 aliphatic carbocycles. The first-order valence-corrected chi connectivity index (χ1v) is 9.89. The van der Waals surface area contributed by atoms with Crippen molar-refractivity contribution in [2.75, 3.05) is 0 Å². The maximum atomic E-state index is 12.8. The van der Waals surface area contributed by atoms with Gasteiger partial charge in [0.1, 0.15) is 6.33 Å². The predicted octanol–water partition coefficient (Wildman–Crippen LogP) is 4.14. The summed E-state index contributed by atoms with van der Waals surface area (Å²) in [5.41, 5.74) is 0.452. The van der Waals surface area contributed by atoms with Crippen LogP contribution in [-0.4, -0.2) is 25.7 Å². The molecule has 2 aromatic heterocycles. The number of benzene rings is 2. The minimum Gasteiger partial charge on any atom is -0.349 e. The predicted molar refractivity (Wildman–Crippen MR) is 106 cm³/mol. The number of para-hydroxylation sites is 1. The monoisotopic (exact) mass is 431 g/mol. The Labute approximate surface area is 173 Å². The Bertz CT molecular complexity index is 1170. The summed E-state index contributed by atoms with van der Waals surface area (Å²) in [6.07, 6.45) is -2.31. The molecular weight excluding hydrogens is 415 g/mol. The van der Waals surface area contributed by atoms with Crippen LogP contribution in [0.2, 0.25) is 0 Å². The van der Waals surface area contributed by atoms with E-state index in [1.54, 1.807) is 10.9 Å². The van der Waals surface area contributed by atoms with E-state index >= 15 is 0 Å². The minimum absolute atomic E-state index is 0.172. The fourth-order valence-electron chi connectivity index (χ4n) is 2.93. The Morgan fingerprint density at radius 1 is 1.13 bits per heavy atom. The zero-order valence-electron chi connectivity index (χ0n) is 15.6. The highest BCUT2D eigenvalue weighted by Crippen LogP contribution is 2.33. The van der Waals surface area contributed by atoms with Crippen LogP contribution in [0.3, 0.4) is 0 Å². The molecule has 0 aliphatic heterocycles. The molecule has 6 nitrogen and oxygen atoms in total. The Morgan fingerprint density at radius 2 is 1.93 bits per heavy atom. The van der Waals surface area contributed by atoms with Gasteiger partial charge in [0.25, 0.3) is 0 Å². The van der Waals surface area contributed by atoms with Crippen molar-refractivity contribution in [1.29, 1.82) is 0 Å². The van der Waals surface area contributed by atoms with Crippen LogP contribution in [0.4, 0.5) is 13.2 Å². The zero-order valence-corrected chi connectivity index (χ0v) is 16.4.